The van der Waals surface area contributed by atoms with Crippen molar-refractivity contribution in [2.24, 2.45) is 0 Å². The Morgan fingerprint density at radius 3 is 2.48 bits per heavy atom. The summed E-state index contributed by atoms with van der Waals surface area (Å²) in [6, 6.07) is 8.48. The molecule has 2 rings (SSSR count). The molecule has 5 nitrogen and oxygen atoms in total. The van der Waals surface area contributed by atoms with Crippen LogP contribution in [0.25, 0.3) is 0 Å². The highest BCUT2D eigenvalue weighted by atomic mass is 35.5. The number of carbonyl (C=O) groups is 1. The molecule has 0 saturated carbocycles. The van der Waals surface area contributed by atoms with Crippen molar-refractivity contribution in [2.45, 2.75) is 6.92 Å². The Morgan fingerprint density at radius 2 is 1.87 bits per heavy atom. The number of anilines is 2. The summed E-state index contributed by atoms with van der Waals surface area (Å²) in [6.45, 7) is 1.71. The number of benzene rings is 2. The zero-order chi connectivity index (χ0) is 17.2. The van der Waals surface area contributed by atoms with Gasteiger partial charge in [0.25, 0.3) is 5.91 Å². The van der Waals surface area contributed by atoms with Gasteiger partial charge in [0, 0.05) is 11.3 Å². The molecule has 0 aliphatic rings. The van der Waals surface area contributed by atoms with Crippen LogP contribution in [0.5, 0.6) is 0 Å². The second-order valence-electron chi connectivity index (χ2n) is 4.99. The van der Waals surface area contributed by atoms with E-state index in [1.54, 1.807) is 19.1 Å². The minimum atomic E-state index is -3.46. The lowest BCUT2D eigenvalue weighted by atomic mass is 10.1. The Morgan fingerprint density at radius 1 is 1.17 bits per heavy atom. The monoisotopic (exact) mass is 356 g/mol. The SMILES string of the molecule is Cc1ccc(C(=O)Nc2ccc(Cl)c(F)c2)cc1NS(C)(=O)=O. The fraction of sp³-hybridized carbons (Fsp3) is 0.133. The molecule has 0 fully saturated rings. The van der Waals surface area contributed by atoms with Crippen molar-refractivity contribution < 1.29 is 17.6 Å². The second-order valence-corrected chi connectivity index (χ2v) is 7.14. The molecule has 8 heteroatoms. The average molecular weight is 357 g/mol. The van der Waals surface area contributed by atoms with Crippen LogP contribution in [0.4, 0.5) is 15.8 Å². The first-order valence-electron chi connectivity index (χ1n) is 6.50. The van der Waals surface area contributed by atoms with Gasteiger partial charge in [0.15, 0.2) is 0 Å². The van der Waals surface area contributed by atoms with E-state index in [1.165, 1.54) is 18.2 Å². The molecule has 1 amide bonds. The first-order chi connectivity index (χ1) is 10.7. The van der Waals surface area contributed by atoms with Gasteiger partial charge in [-0.25, -0.2) is 12.8 Å². The molecule has 0 bridgehead atoms. The molecule has 0 radical (unpaired) electrons. The van der Waals surface area contributed by atoms with Gasteiger partial charge in [0.05, 0.1) is 17.0 Å². The Labute approximate surface area is 138 Å². The molecule has 0 unspecified atom stereocenters. The van der Waals surface area contributed by atoms with Crippen LogP contribution in [0.2, 0.25) is 5.02 Å². The number of amides is 1. The number of hydrogen-bond donors (Lipinski definition) is 2. The number of sulfonamides is 1. The van der Waals surface area contributed by atoms with Crippen molar-refractivity contribution >= 4 is 38.9 Å². The first kappa shape index (κ1) is 17.2. The molecular weight excluding hydrogens is 343 g/mol. The molecule has 0 aliphatic carbocycles. The maximum Gasteiger partial charge on any atom is 0.255 e. The Balaban J connectivity index is 2.25. The largest absolute Gasteiger partial charge is 0.322 e. The van der Waals surface area contributed by atoms with Crippen molar-refractivity contribution in [3.63, 3.8) is 0 Å². The minimum Gasteiger partial charge on any atom is -0.322 e. The zero-order valence-electron chi connectivity index (χ0n) is 12.4. The zero-order valence-corrected chi connectivity index (χ0v) is 13.9. The van der Waals surface area contributed by atoms with E-state index in [9.17, 15) is 17.6 Å². The Bertz CT molecular complexity index is 869. The predicted molar refractivity (Wildman–Crippen MR) is 89.0 cm³/mol. The maximum absolute atomic E-state index is 13.4. The summed E-state index contributed by atoms with van der Waals surface area (Å²) in [5.74, 6) is -1.14. The summed E-state index contributed by atoms with van der Waals surface area (Å²) >= 11 is 5.58. The van der Waals surface area contributed by atoms with Crippen molar-refractivity contribution in [3.05, 3.63) is 58.4 Å². The summed E-state index contributed by atoms with van der Waals surface area (Å²) in [4.78, 5) is 12.2. The lowest BCUT2D eigenvalue weighted by molar-refractivity contribution is 0.102. The van der Waals surface area contributed by atoms with E-state index in [2.05, 4.69) is 10.0 Å². The summed E-state index contributed by atoms with van der Waals surface area (Å²) in [5, 5.41) is 2.48. The van der Waals surface area contributed by atoms with Crippen molar-refractivity contribution in [2.75, 3.05) is 16.3 Å². The van der Waals surface area contributed by atoms with Gasteiger partial charge in [0.2, 0.25) is 10.0 Å². The van der Waals surface area contributed by atoms with Crippen LogP contribution < -0.4 is 10.0 Å². The molecule has 23 heavy (non-hydrogen) atoms. The van der Waals surface area contributed by atoms with Crippen LogP contribution in [0, 0.1) is 12.7 Å². The van der Waals surface area contributed by atoms with Gasteiger partial charge in [-0.2, -0.15) is 0 Å². The number of aryl methyl sites for hydroxylation is 1. The first-order valence-corrected chi connectivity index (χ1v) is 8.77. The smallest absolute Gasteiger partial charge is 0.255 e. The number of halogens is 2. The predicted octanol–water partition coefficient (Wildman–Crippen LogP) is 3.41. The Hall–Kier alpha value is -2.12. The standard InChI is InChI=1S/C15H14ClFN2O3S/c1-9-3-4-10(7-14(9)19-23(2,21)22)15(20)18-11-5-6-12(16)13(17)8-11/h3-8,19H,1-2H3,(H,18,20). The molecule has 0 aliphatic heterocycles. The molecular formula is C15H14ClFN2O3S. The Kier molecular flexibility index (Phi) is 4.91. The van der Waals surface area contributed by atoms with Gasteiger partial charge in [-0.15, -0.1) is 0 Å². The summed E-state index contributed by atoms with van der Waals surface area (Å²) < 4.78 is 38.4. The van der Waals surface area contributed by atoms with Gasteiger partial charge in [-0.1, -0.05) is 17.7 Å². The number of rotatable bonds is 4. The average Bonchev–Trinajstić information content (AvgIpc) is 2.44. The molecule has 0 atom stereocenters. The van der Waals surface area contributed by atoms with Gasteiger partial charge in [0.1, 0.15) is 5.82 Å². The third-order valence-corrected chi connectivity index (χ3v) is 3.87. The molecule has 0 heterocycles. The second kappa shape index (κ2) is 6.55. The van der Waals surface area contributed by atoms with E-state index in [1.807, 2.05) is 0 Å². The molecule has 0 spiro atoms. The van der Waals surface area contributed by atoms with E-state index < -0.39 is 21.7 Å². The quantitative estimate of drug-likeness (QED) is 0.881. The number of nitrogens with one attached hydrogen (secondary N) is 2. The van der Waals surface area contributed by atoms with E-state index in [0.717, 1.165) is 12.3 Å². The van der Waals surface area contributed by atoms with E-state index >= 15 is 0 Å². The van der Waals surface area contributed by atoms with Crippen LogP contribution in [0.15, 0.2) is 36.4 Å². The molecule has 122 valence electrons. The van der Waals surface area contributed by atoms with Crippen molar-refractivity contribution in [1.29, 1.82) is 0 Å². The third-order valence-electron chi connectivity index (χ3n) is 2.97. The fourth-order valence-corrected chi connectivity index (χ4v) is 2.59. The van der Waals surface area contributed by atoms with Crippen molar-refractivity contribution in [3.8, 4) is 0 Å². The van der Waals surface area contributed by atoms with Gasteiger partial charge < -0.3 is 5.32 Å². The normalized spacial score (nSPS) is 11.1. The lowest BCUT2D eigenvalue weighted by Crippen LogP contribution is -2.14. The van der Waals surface area contributed by atoms with E-state index in [-0.39, 0.29) is 16.3 Å². The molecule has 2 aromatic carbocycles. The third kappa shape index (κ3) is 4.67. The summed E-state index contributed by atoms with van der Waals surface area (Å²) in [6.07, 6.45) is 1.02. The molecule has 2 aromatic rings. The highest BCUT2D eigenvalue weighted by Crippen LogP contribution is 2.21. The minimum absolute atomic E-state index is 0.0435. The highest BCUT2D eigenvalue weighted by Gasteiger charge is 2.12. The topological polar surface area (TPSA) is 75.3 Å². The molecule has 2 N–H and O–H groups in total. The molecule has 0 saturated heterocycles. The maximum atomic E-state index is 13.4. The highest BCUT2D eigenvalue weighted by molar-refractivity contribution is 7.92. The van der Waals surface area contributed by atoms with Crippen LogP contribution >= 0.6 is 11.6 Å². The van der Waals surface area contributed by atoms with Gasteiger partial charge >= 0.3 is 0 Å². The van der Waals surface area contributed by atoms with Crippen LogP contribution in [0.3, 0.4) is 0 Å². The van der Waals surface area contributed by atoms with Gasteiger partial charge in [-0.05, 0) is 42.8 Å². The summed E-state index contributed by atoms with van der Waals surface area (Å²) in [7, 11) is -3.46. The van der Waals surface area contributed by atoms with Crippen LogP contribution in [-0.4, -0.2) is 20.6 Å². The fourth-order valence-electron chi connectivity index (χ4n) is 1.85. The van der Waals surface area contributed by atoms with Gasteiger partial charge in [-0.3, -0.25) is 9.52 Å². The number of hydrogen-bond acceptors (Lipinski definition) is 3. The van der Waals surface area contributed by atoms with Crippen molar-refractivity contribution in [1.82, 2.24) is 0 Å². The van der Waals surface area contributed by atoms with E-state index in [0.29, 0.717) is 11.3 Å². The number of carbonyl (C=O) groups excluding carboxylic acids is 1. The lowest BCUT2D eigenvalue weighted by Gasteiger charge is -2.11. The molecule has 0 aromatic heterocycles. The van der Waals surface area contributed by atoms with Crippen LogP contribution in [0.1, 0.15) is 15.9 Å². The van der Waals surface area contributed by atoms with E-state index in [4.69, 9.17) is 11.6 Å². The summed E-state index contributed by atoms with van der Waals surface area (Å²) in [5.41, 5.74) is 1.46. The van der Waals surface area contributed by atoms with Crippen LogP contribution in [-0.2, 0) is 10.0 Å².